The van der Waals surface area contributed by atoms with Gasteiger partial charge in [-0.15, -0.1) is 0 Å². The molecule has 15 heavy (non-hydrogen) atoms. The molecule has 1 aromatic carbocycles. The minimum atomic E-state index is 0.476. The lowest BCUT2D eigenvalue weighted by Gasteiger charge is -2.05. The predicted molar refractivity (Wildman–Crippen MR) is 62.4 cm³/mol. The van der Waals surface area contributed by atoms with Crippen LogP contribution in [0.25, 0.3) is 10.9 Å². The molecule has 1 aromatic heterocycles. The van der Waals surface area contributed by atoms with Crippen LogP contribution in [0.15, 0.2) is 18.3 Å². The van der Waals surface area contributed by atoms with Crippen molar-refractivity contribution in [1.29, 1.82) is 0 Å². The van der Waals surface area contributed by atoms with Crippen LogP contribution in [0.1, 0.15) is 5.56 Å². The fourth-order valence-electron chi connectivity index (χ4n) is 1.83. The molecular formula is C11H13ClN2O. The summed E-state index contributed by atoms with van der Waals surface area (Å²) >= 11 is 6.25. The Labute approximate surface area is 93.4 Å². The molecule has 4 heteroatoms. The number of halogens is 1. The SMILES string of the molecule is COc1ccc2c(c(CN)cn2C)c1Cl. The maximum atomic E-state index is 6.25. The number of benzene rings is 1. The van der Waals surface area contributed by atoms with E-state index >= 15 is 0 Å². The van der Waals surface area contributed by atoms with E-state index in [4.69, 9.17) is 22.1 Å². The minimum absolute atomic E-state index is 0.476. The molecule has 3 nitrogen and oxygen atoms in total. The Morgan fingerprint density at radius 2 is 2.20 bits per heavy atom. The van der Waals surface area contributed by atoms with Gasteiger partial charge in [-0.1, -0.05) is 11.6 Å². The topological polar surface area (TPSA) is 40.2 Å². The number of hydrogen-bond acceptors (Lipinski definition) is 2. The molecule has 0 aliphatic heterocycles. The Bertz CT molecular complexity index is 505. The van der Waals surface area contributed by atoms with E-state index in [0.29, 0.717) is 17.3 Å². The molecule has 0 amide bonds. The van der Waals surface area contributed by atoms with Crippen LogP contribution in [0, 0.1) is 0 Å². The minimum Gasteiger partial charge on any atom is -0.495 e. The van der Waals surface area contributed by atoms with Crippen LogP contribution in [0.3, 0.4) is 0 Å². The molecule has 2 N–H and O–H groups in total. The number of aryl methyl sites for hydroxylation is 1. The number of aromatic nitrogens is 1. The van der Waals surface area contributed by atoms with E-state index in [1.165, 1.54) is 0 Å². The number of hydrogen-bond donors (Lipinski definition) is 1. The van der Waals surface area contributed by atoms with E-state index in [0.717, 1.165) is 16.5 Å². The molecule has 0 unspecified atom stereocenters. The molecule has 0 atom stereocenters. The summed E-state index contributed by atoms with van der Waals surface area (Å²) in [4.78, 5) is 0. The fraction of sp³-hybridized carbons (Fsp3) is 0.273. The van der Waals surface area contributed by atoms with E-state index in [2.05, 4.69) is 0 Å². The lowest BCUT2D eigenvalue weighted by atomic mass is 10.1. The van der Waals surface area contributed by atoms with Crippen molar-refractivity contribution in [3.05, 3.63) is 28.9 Å². The van der Waals surface area contributed by atoms with Crippen molar-refractivity contribution in [3.63, 3.8) is 0 Å². The molecule has 0 saturated carbocycles. The number of ether oxygens (including phenoxy) is 1. The van der Waals surface area contributed by atoms with Crippen molar-refractivity contribution in [1.82, 2.24) is 4.57 Å². The zero-order chi connectivity index (χ0) is 11.0. The van der Waals surface area contributed by atoms with Crippen LogP contribution in [0.5, 0.6) is 5.75 Å². The summed E-state index contributed by atoms with van der Waals surface area (Å²) in [6, 6.07) is 3.85. The smallest absolute Gasteiger partial charge is 0.138 e. The van der Waals surface area contributed by atoms with Crippen molar-refractivity contribution in [2.75, 3.05) is 7.11 Å². The maximum Gasteiger partial charge on any atom is 0.138 e. The second kappa shape index (κ2) is 3.76. The average Bonchev–Trinajstić information content (AvgIpc) is 2.57. The van der Waals surface area contributed by atoms with Gasteiger partial charge in [0.1, 0.15) is 5.75 Å². The van der Waals surface area contributed by atoms with Crippen LogP contribution in [-0.4, -0.2) is 11.7 Å². The van der Waals surface area contributed by atoms with Gasteiger partial charge in [0, 0.05) is 30.7 Å². The summed E-state index contributed by atoms with van der Waals surface area (Å²) in [5.74, 6) is 0.685. The van der Waals surface area contributed by atoms with Crippen molar-refractivity contribution in [2.45, 2.75) is 6.54 Å². The van der Waals surface area contributed by atoms with Crippen molar-refractivity contribution >= 4 is 22.5 Å². The highest BCUT2D eigenvalue weighted by Crippen LogP contribution is 2.35. The Balaban J connectivity index is 2.83. The lowest BCUT2D eigenvalue weighted by Crippen LogP contribution is -1.95. The van der Waals surface area contributed by atoms with Crippen LogP contribution in [0.4, 0.5) is 0 Å². The quantitative estimate of drug-likeness (QED) is 0.851. The van der Waals surface area contributed by atoms with Crippen LogP contribution in [0.2, 0.25) is 5.02 Å². The number of methoxy groups -OCH3 is 1. The molecule has 2 aromatic rings. The summed E-state index contributed by atoms with van der Waals surface area (Å²) in [5.41, 5.74) is 7.79. The van der Waals surface area contributed by atoms with Crippen LogP contribution in [-0.2, 0) is 13.6 Å². The van der Waals surface area contributed by atoms with Gasteiger partial charge >= 0.3 is 0 Å². The van der Waals surface area contributed by atoms with Gasteiger partial charge in [0.15, 0.2) is 0 Å². The maximum absolute atomic E-state index is 6.25. The van der Waals surface area contributed by atoms with Gasteiger partial charge < -0.3 is 15.0 Å². The zero-order valence-corrected chi connectivity index (χ0v) is 9.51. The second-order valence-electron chi connectivity index (χ2n) is 3.45. The molecule has 0 fully saturated rings. The summed E-state index contributed by atoms with van der Waals surface area (Å²) in [7, 11) is 3.59. The van der Waals surface area contributed by atoms with E-state index < -0.39 is 0 Å². The molecule has 0 aliphatic rings. The highest BCUT2D eigenvalue weighted by Gasteiger charge is 2.12. The van der Waals surface area contributed by atoms with E-state index in [1.54, 1.807) is 7.11 Å². The molecule has 1 heterocycles. The first-order valence-electron chi connectivity index (χ1n) is 4.69. The first kappa shape index (κ1) is 10.3. The van der Waals surface area contributed by atoms with Gasteiger partial charge in [-0.05, 0) is 17.7 Å². The summed E-state index contributed by atoms with van der Waals surface area (Å²) in [6.45, 7) is 0.476. The van der Waals surface area contributed by atoms with Crippen LogP contribution >= 0.6 is 11.6 Å². The molecule has 80 valence electrons. The van der Waals surface area contributed by atoms with E-state index in [1.807, 2.05) is 29.9 Å². The Kier molecular flexibility index (Phi) is 2.59. The molecule has 0 aliphatic carbocycles. The molecule has 0 radical (unpaired) electrons. The zero-order valence-electron chi connectivity index (χ0n) is 8.75. The highest BCUT2D eigenvalue weighted by molar-refractivity contribution is 6.37. The second-order valence-corrected chi connectivity index (χ2v) is 3.82. The van der Waals surface area contributed by atoms with Crippen molar-refractivity contribution in [2.24, 2.45) is 12.8 Å². The number of nitrogens with zero attached hydrogens (tertiary/aromatic N) is 1. The van der Waals surface area contributed by atoms with Gasteiger partial charge in [-0.25, -0.2) is 0 Å². The van der Waals surface area contributed by atoms with Crippen molar-refractivity contribution < 1.29 is 4.74 Å². The molecule has 0 bridgehead atoms. The van der Waals surface area contributed by atoms with Gasteiger partial charge in [-0.2, -0.15) is 0 Å². The molecular weight excluding hydrogens is 212 g/mol. The Hall–Kier alpha value is -1.19. The van der Waals surface area contributed by atoms with Gasteiger partial charge in [-0.3, -0.25) is 0 Å². The normalized spacial score (nSPS) is 10.9. The molecule has 0 spiro atoms. The molecule has 2 rings (SSSR count). The summed E-state index contributed by atoms with van der Waals surface area (Å²) < 4.78 is 7.20. The van der Waals surface area contributed by atoms with E-state index in [9.17, 15) is 0 Å². The Morgan fingerprint density at radius 3 is 2.80 bits per heavy atom. The summed E-state index contributed by atoms with van der Waals surface area (Å²) in [5, 5.41) is 1.62. The Morgan fingerprint density at radius 1 is 1.47 bits per heavy atom. The summed E-state index contributed by atoms with van der Waals surface area (Å²) in [6.07, 6.45) is 2.00. The van der Waals surface area contributed by atoms with Gasteiger partial charge in [0.2, 0.25) is 0 Å². The number of fused-ring (bicyclic) bond motifs is 1. The van der Waals surface area contributed by atoms with Crippen LogP contribution < -0.4 is 10.5 Å². The third-order valence-electron chi connectivity index (χ3n) is 2.57. The monoisotopic (exact) mass is 224 g/mol. The van der Waals surface area contributed by atoms with Gasteiger partial charge in [0.25, 0.3) is 0 Å². The van der Waals surface area contributed by atoms with Crippen molar-refractivity contribution in [3.8, 4) is 5.75 Å². The number of rotatable bonds is 2. The third kappa shape index (κ3) is 1.48. The first-order valence-corrected chi connectivity index (χ1v) is 5.07. The predicted octanol–water partition coefficient (Wildman–Crippen LogP) is 2.30. The molecule has 0 saturated heterocycles. The third-order valence-corrected chi connectivity index (χ3v) is 2.95. The van der Waals surface area contributed by atoms with Gasteiger partial charge in [0.05, 0.1) is 12.1 Å². The highest BCUT2D eigenvalue weighted by atomic mass is 35.5. The largest absolute Gasteiger partial charge is 0.495 e. The number of nitrogens with two attached hydrogens (primary N) is 1. The average molecular weight is 225 g/mol. The standard InChI is InChI=1S/C11H13ClN2O/c1-14-6-7(5-13)10-8(14)3-4-9(15-2)11(10)12/h3-4,6H,5,13H2,1-2H3. The fourth-order valence-corrected chi connectivity index (χ4v) is 2.18. The first-order chi connectivity index (χ1) is 7.19. The lowest BCUT2D eigenvalue weighted by molar-refractivity contribution is 0.415. The van der Waals surface area contributed by atoms with E-state index in [-0.39, 0.29) is 0 Å².